The summed E-state index contributed by atoms with van der Waals surface area (Å²) in [5, 5.41) is 11.1. The van der Waals surface area contributed by atoms with Crippen LogP contribution < -0.4 is 10.6 Å². The average Bonchev–Trinajstić information content (AvgIpc) is 2.45. The van der Waals surface area contributed by atoms with Gasteiger partial charge in [0.25, 0.3) is 5.69 Å². The fraction of sp³-hybridized carbons (Fsp3) is 0.214. The van der Waals surface area contributed by atoms with Gasteiger partial charge in [-0.1, -0.05) is 0 Å². The van der Waals surface area contributed by atoms with Crippen LogP contribution in [0.1, 0.15) is 5.56 Å². The zero-order valence-electron chi connectivity index (χ0n) is 11.2. The standard InChI is InChI=1S/C14H16N4O2/c1-17(9-6-11-4-7-16-8-5-11)13-3-2-12(15)10-14(13)18(19)20/h2-5,7-8,10H,6,9,15H2,1H3. The number of aromatic nitrogens is 1. The number of nitrogen functional groups attached to an aromatic ring is 1. The van der Waals surface area contributed by atoms with Crippen LogP contribution in [0.25, 0.3) is 0 Å². The minimum absolute atomic E-state index is 0.0298. The first-order valence-corrected chi connectivity index (χ1v) is 6.22. The Hall–Kier alpha value is -2.63. The summed E-state index contributed by atoms with van der Waals surface area (Å²) in [5.74, 6) is 0. The highest BCUT2D eigenvalue weighted by atomic mass is 16.6. The predicted molar refractivity (Wildman–Crippen MR) is 78.7 cm³/mol. The monoisotopic (exact) mass is 272 g/mol. The third-order valence-corrected chi connectivity index (χ3v) is 3.09. The lowest BCUT2D eigenvalue weighted by Crippen LogP contribution is -2.21. The van der Waals surface area contributed by atoms with Crippen LogP contribution in [0.3, 0.4) is 0 Å². The Morgan fingerprint density at radius 2 is 2.00 bits per heavy atom. The summed E-state index contributed by atoms with van der Waals surface area (Å²) < 4.78 is 0. The number of benzene rings is 1. The number of hydrogen-bond acceptors (Lipinski definition) is 5. The van der Waals surface area contributed by atoms with E-state index in [2.05, 4.69) is 4.98 Å². The molecule has 0 radical (unpaired) electrons. The van der Waals surface area contributed by atoms with E-state index in [-0.39, 0.29) is 5.69 Å². The maximum Gasteiger partial charge on any atom is 0.294 e. The van der Waals surface area contributed by atoms with Gasteiger partial charge < -0.3 is 10.6 Å². The Kier molecular flexibility index (Phi) is 4.14. The first kappa shape index (κ1) is 13.8. The van der Waals surface area contributed by atoms with Crippen molar-refractivity contribution in [2.24, 2.45) is 0 Å². The molecule has 2 rings (SSSR count). The number of nitrogens with two attached hydrogens (primary N) is 1. The second-order valence-electron chi connectivity index (χ2n) is 4.53. The van der Waals surface area contributed by atoms with Crippen molar-refractivity contribution < 1.29 is 4.92 Å². The van der Waals surface area contributed by atoms with Crippen LogP contribution in [0.15, 0.2) is 42.7 Å². The highest BCUT2D eigenvalue weighted by Crippen LogP contribution is 2.29. The number of likely N-dealkylation sites (N-methyl/N-ethyl adjacent to an activating group) is 1. The van der Waals surface area contributed by atoms with Gasteiger partial charge in [-0.3, -0.25) is 15.1 Å². The summed E-state index contributed by atoms with van der Waals surface area (Å²) >= 11 is 0. The molecular weight excluding hydrogens is 256 g/mol. The molecule has 0 spiro atoms. The molecule has 6 heteroatoms. The lowest BCUT2D eigenvalue weighted by atomic mass is 10.1. The van der Waals surface area contributed by atoms with E-state index in [4.69, 9.17) is 5.73 Å². The van der Waals surface area contributed by atoms with Gasteiger partial charge in [-0.25, -0.2) is 0 Å². The van der Waals surface area contributed by atoms with E-state index in [0.717, 1.165) is 12.0 Å². The number of nitrogens with zero attached hydrogens (tertiary/aromatic N) is 3. The predicted octanol–water partition coefficient (Wildman–Crippen LogP) is 2.25. The van der Waals surface area contributed by atoms with E-state index in [1.807, 2.05) is 24.1 Å². The molecule has 1 aromatic carbocycles. The molecule has 0 atom stereocenters. The number of nitro groups is 1. The summed E-state index contributed by atoms with van der Waals surface area (Å²) in [6, 6.07) is 8.61. The lowest BCUT2D eigenvalue weighted by molar-refractivity contribution is -0.384. The molecule has 0 aliphatic heterocycles. The second kappa shape index (κ2) is 6.01. The molecule has 2 aromatic rings. The molecule has 0 amide bonds. The van der Waals surface area contributed by atoms with E-state index in [1.165, 1.54) is 6.07 Å². The molecule has 6 nitrogen and oxygen atoms in total. The first-order valence-electron chi connectivity index (χ1n) is 6.22. The molecular formula is C14H16N4O2. The normalized spacial score (nSPS) is 10.2. The van der Waals surface area contributed by atoms with E-state index < -0.39 is 4.92 Å². The van der Waals surface area contributed by atoms with Gasteiger partial charge in [-0.2, -0.15) is 0 Å². The van der Waals surface area contributed by atoms with Crippen molar-refractivity contribution in [3.05, 3.63) is 58.4 Å². The Morgan fingerprint density at radius 1 is 1.30 bits per heavy atom. The van der Waals surface area contributed by atoms with Gasteiger partial charge in [0.1, 0.15) is 5.69 Å². The van der Waals surface area contributed by atoms with Crippen LogP contribution in [0.5, 0.6) is 0 Å². The van der Waals surface area contributed by atoms with Crippen molar-refractivity contribution >= 4 is 17.1 Å². The van der Waals surface area contributed by atoms with Crippen LogP contribution in [0.2, 0.25) is 0 Å². The van der Waals surface area contributed by atoms with Crippen LogP contribution in [0.4, 0.5) is 17.1 Å². The van der Waals surface area contributed by atoms with Gasteiger partial charge in [0, 0.05) is 37.7 Å². The van der Waals surface area contributed by atoms with E-state index >= 15 is 0 Å². The molecule has 0 aliphatic carbocycles. The molecule has 0 aliphatic rings. The van der Waals surface area contributed by atoms with Crippen molar-refractivity contribution in [1.29, 1.82) is 0 Å². The maximum absolute atomic E-state index is 11.1. The number of pyridine rings is 1. The average molecular weight is 272 g/mol. The van der Waals surface area contributed by atoms with Crippen LogP contribution >= 0.6 is 0 Å². The summed E-state index contributed by atoms with van der Waals surface area (Å²) in [4.78, 5) is 16.5. The van der Waals surface area contributed by atoms with Gasteiger partial charge in [0.15, 0.2) is 0 Å². The lowest BCUT2D eigenvalue weighted by Gasteiger charge is -2.19. The van der Waals surface area contributed by atoms with Gasteiger partial charge in [0.2, 0.25) is 0 Å². The maximum atomic E-state index is 11.1. The highest BCUT2D eigenvalue weighted by Gasteiger charge is 2.17. The fourth-order valence-electron chi connectivity index (χ4n) is 1.98. The molecule has 20 heavy (non-hydrogen) atoms. The van der Waals surface area contributed by atoms with E-state index in [9.17, 15) is 10.1 Å². The van der Waals surface area contributed by atoms with Gasteiger partial charge in [-0.15, -0.1) is 0 Å². The summed E-state index contributed by atoms with van der Waals surface area (Å²) in [6.07, 6.45) is 4.27. The van der Waals surface area contributed by atoms with Gasteiger partial charge in [0.05, 0.1) is 4.92 Å². The van der Waals surface area contributed by atoms with Gasteiger partial charge in [-0.05, 0) is 36.2 Å². The zero-order valence-corrected chi connectivity index (χ0v) is 11.2. The van der Waals surface area contributed by atoms with Crippen LogP contribution in [-0.4, -0.2) is 23.5 Å². The van der Waals surface area contributed by atoms with Crippen LogP contribution in [0, 0.1) is 10.1 Å². The van der Waals surface area contributed by atoms with Crippen molar-refractivity contribution in [1.82, 2.24) is 4.98 Å². The molecule has 0 bridgehead atoms. The third-order valence-electron chi connectivity index (χ3n) is 3.09. The molecule has 0 fully saturated rings. The Morgan fingerprint density at radius 3 is 2.65 bits per heavy atom. The third kappa shape index (κ3) is 3.23. The SMILES string of the molecule is CN(CCc1ccncc1)c1ccc(N)cc1[N+](=O)[O-]. The summed E-state index contributed by atoms with van der Waals surface area (Å²) in [7, 11) is 1.83. The Labute approximate surface area is 117 Å². The number of rotatable bonds is 5. The van der Waals surface area contributed by atoms with Crippen molar-refractivity contribution in [2.45, 2.75) is 6.42 Å². The minimum Gasteiger partial charge on any atom is -0.399 e. The van der Waals surface area contributed by atoms with E-state index in [0.29, 0.717) is 17.9 Å². The van der Waals surface area contributed by atoms with Crippen LogP contribution in [-0.2, 0) is 6.42 Å². The molecule has 0 unspecified atom stereocenters. The van der Waals surface area contributed by atoms with Crippen molar-refractivity contribution in [3.63, 3.8) is 0 Å². The molecule has 2 N–H and O–H groups in total. The molecule has 0 saturated heterocycles. The molecule has 104 valence electrons. The number of nitro benzene ring substituents is 1. The molecule has 0 saturated carbocycles. The summed E-state index contributed by atoms with van der Waals surface area (Å²) in [6.45, 7) is 0.675. The molecule has 1 heterocycles. The quantitative estimate of drug-likeness (QED) is 0.512. The van der Waals surface area contributed by atoms with Crippen molar-refractivity contribution in [3.8, 4) is 0 Å². The minimum atomic E-state index is -0.408. The Balaban J connectivity index is 2.13. The van der Waals surface area contributed by atoms with Crippen molar-refractivity contribution in [2.75, 3.05) is 24.2 Å². The second-order valence-corrected chi connectivity index (χ2v) is 4.53. The topological polar surface area (TPSA) is 85.3 Å². The Bertz CT molecular complexity index is 601. The fourth-order valence-corrected chi connectivity index (χ4v) is 1.98. The number of hydrogen-bond donors (Lipinski definition) is 1. The zero-order chi connectivity index (χ0) is 14.5. The van der Waals surface area contributed by atoms with E-state index in [1.54, 1.807) is 24.5 Å². The highest BCUT2D eigenvalue weighted by molar-refractivity contribution is 5.67. The van der Waals surface area contributed by atoms with Gasteiger partial charge >= 0.3 is 0 Å². The molecule has 1 aromatic heterocycles. The smallest absolute Gasteiger partial charge is 0.294 e. The first-order chi connectivity index (χ1) is 9.58. The number of anilines is 2. The largest absolute Gasteiger partial charge is 0.399 e. The summed E-state index contributed by atoms with van der Waals surface area (Å²) in [5.41, 5.74) is 7.73.